The molecule has 4 aromatic heterocycles. The Morgan fingerprint density at radius 2 is 1.55 bits per heavy atom. The molecule has 20 nitrogen and oxygen atoms in total. The third kappa shape index (κ3) is 12.6. The van der Waals surface area contributed by atoms with Crippen molar-refractivity contribution in [1.29, 1.82) is 5.26 Å². The van der Waals surface area contributed by atoms with Crippen LogP contribution in [0.3, 0.4) is 0 Å². The molecule has 0 aliphatic heterocycles. The number of nitriles is 1. The average molecular weight is 1130 g/mol. The highest BCUT2D eigenvalue weighted by Crippen LogP contribution is 2.46. The number of sulfonamides is 1. The second-order valence-corrected chi connectivity index (χ2v) is 23.7. The number of aryl methyl sites for hydroxylation is 7. The monoisotopic (exact) mass is 1130 g/mol. The van der Waals surface area contributed by atoms with E-state index in [2.05, 4.69) is 52.4 Å². The molecule has 0 saturated carbocycles. The molecule has 0 aliphatic carbocycles. The Balaban J connectivity index is 1.25. The van der Waals surface area contributed by atoms with Gasteiger partial charge in [0.05, 0.1) is 62.0 Å². The van der Waals surface area contributed by atoms with Gasteiger partial charge < -0.3 is 14.9 Å². The van der Waals surface area contributed by atoms with Crippen LogP contribution in [0.1, 0.15) is 84.8 Å². The number of azo groups is 1. The molecule has 0 unspecified atom stereocenters. The summed E-state index contributed by atoms with van der Waals surface area (Å²) in [4.78, 5) is 44.8. The third-order valence-corrected chi connectivity index (χ3v) is 15.8. The molecule has 78 heavy (non-hydrogen) atoms. The van der Waals surface area contributed by atoms with Crippen molar-refractivity contribution >= 4 is 111 Å². The number of fused-ring (bicyclic) bond motifs is 2. The van der Waals surface area contributed by atoms with E-state index in [9.17, 15) is 18.5 Å². The molecule has 0 fully saturated rings. The summed E-state index contributed by atoms with van der Waals surface area (Å²) in [5, 5.41) is 30.2. The maximum atomic E-state index is 13.4. The number of hydrogen-bond acceptors (Lipinski definition) is 21. The van der Waals surface area contributed by atoms with E-state index in [1.165, 1.54) is 34.8 Å². The Morgan fingerprint density at radius 3 is 2.22 bits per heavy atom. The summed E-state index contributed by atoms with van der Waals surface area (Å²) in [7, 11) is -4.09. The Labute approximate surface area is 464 Å². The van der Waals surface area contributed by atoms with Crippen molar-refractivity contribution in [2.24, 2.45) is 10.2 Å². The SMILES string of the molecule is C=C(NOOSc1ccc2sc(-n3nc(C(C)(C)C)c(C#N)c3/N=N/c3c(C)cc(N(c4nc5ccc(S(=O)(=O)NCC(=O)OCC)cc5s4)c4c(C)cc(C)cc4C)nc3Nc3c(C)cc(C)cc3C)nc2c1)OOCC. The standard InChI is InChI=1S/C54H58N12O8S4/c1-14-70-45(67)28-56-78(68,69)38-17-18-40-43(26-38)76-52(57-40)65(48-34(8)22-30(4)23-35(48)9)44-24-33(7)47(50(59-44)60-46-31(5)20-29(3)21-32(46)6)61-62-51-39(27-55)49(54(11,12)13)63-66(51)53-58-41-25-37(16-19-42(41)75-53)77-74-73-64-36(10)72-71-15-2/h16-26,56,64H,10,14-15,28H2,1-9,11-13H3,(H,59,60)/b62-61+. The first-order chi connectivity index (χ1) is 37.1. The molecule has 0 spiro atoms. The number of ether oxygens (including phenoxy) is 1. The minimum Gasteiger partial charge on any atom is -0.465 e. The van der Waals surface area contributed by atoms with Crippen LogP contribution in [-0.2, 0) is 44.1 Å². The van der Waals surface area contributed by atoms with Crippen LogP contribution in [0.5, 0.6) is 0 Å². The lowest BCUT2D eigenvalue weighted by Gasteiger charge is -2.27. The van der Waals surface area contributed by atoms with Gasteiger partial charge in [-0.15, -0.1) is 14.6 Å². The van der Waals surface area contributed by atoms with Gasteiger partial charge in [0.1, 0.15) is 29.7 Å². The van der Waals surface area contributed by atoms with Gasteiger partial charge in [0.2, 0.25) is 21.0 Å². The topological polar surface area (TPSA) is 242 Å². The molecule has 0 radical (unpaired) electrons. The number of benzene rings is 4. The van der Waals surface area contributed by atoms with E-state index < -0.39 is 28.0 Å². The van der Waals surface area contributed by atoms with Crippen molar-refractivity contribution in [1.82, 2.24) is 34.9 Å². The molecule has 4 aromatic carbocycles. The van der Waals surface area contributed by atoms with Gasteiger partial charge in [0.15, 0.2) is 16.8 Å². The van der Waals surface area contributed by atoms with Gasteiger partial charge in [-0.25, -0.2) is 23.4 Å². The van der Waals surface area contributed by atoms with Gasteiger partial charge in [-0.05, 0) is 139 Å². The molecule has 24 heteroatoms. The van der Waals surface area contributed by atoms with Crippen molar-refractivity contribution in [2.45, 2.75) is 98.3 Å². The van der Waals surface area contributed by atoms with E-state index in [0.717, 1.165) is 61.5 Å². The molecule has 8 rings (SSSR count). The Bertz CT molecular complexity index is 3760. The number of carbonyl (C=O) groups is 1. The van der Waals surface area contributed by atoms with Gasteiger partial charge in [0, 0.05) is 16.0 Å². The number of esters is 1. The normalized spacial score (nSPS) is 11.9. The smallest absolute Gasteiger partial charge is 0.321 e. The van der Waals surface area contributed by atoms with Crippen LogP contribution in [0.4, 0.5) is 39.6 Å². The summed E-state index contributed by atoms with van der Waals surface area (Å²) in [5.74, 6) is 0.320. The average Bonchev–Trinajstić information content (AvgIpc) is 4.11. The Hall–Kier alpha value is -7.34. The zero-order valence-corrected chi connectivity index (χ0v) is 48.4. The number of nitrogens with one attached hydrogen (secondary N) is 3. The van der Waals surface area contributed by atoms with E-state index in [4.69, 9.17) is 54.1 Å². The van der Waals surface area contributed by atoms with Crippen molar-refractivity contribution in [3.63, 3.8) is 0 Å². The molecule has 0 bridgehead atoms. The molecule has 0 aliphatic rings. The van der Waals surface area contributed by atoms with Crippen LogP contribution in [0.25, 0.3) is 25.6 Å². The Morgan fingerprint density at radius 1 is 0.846 bits per heavy atom. The second kappa shape index (κ2) is 23.7. The third-order valence-electron chi connectivity index (χ3n) is 11.8. The summed E-state index contributed by atoms with van der Waals surface area (Å²) in [6.07, 6.45) is 0. The minimum atomic E-state index is -4.09. The molecule has 0 atom stereocenters. The van der Waals surface area contributed by atoms with Crippen LogP contribution in [-0.4, -0.2) is 58.9 Å². The fraction of sp³-hybridized carbons (Fsp3) is 0.296. The Kier molecular flexibility index (Phi) is 17.3. The predicted octanol–water partition coefficient (Wildman–Crippen LogP) is 13.2. The van der Waals surface area contributed by atoms with E-state index in [-0.39, 0.29) is 28.8 Å². The summed E-state index contributed by atoms with van der Waals surface area (Å²) >= 11 is 3.58. The molecular formula is C54H58N12O8S4. The first-order valence-corrected chi connectivity index (χ1v) is 28.4. The highest BCUT2D eigenvalue weighted by molar-refractivity contribution is 7.94. The lowest BCUT2D eigenvalue weighted by atomic mass is 9.90. The zero-order valence-electron chi connectivity index (χ0n) is 45.1. The number of hydrogen-bond donors (Lipinski definition) is 3. The van der Waals surface area contributed by atoms with E-state index >= 15 is 0 Å². The van der Waals surface area contributed by atoms with Crippen LogP contribution in [0.15, 0.2) is 99.2 Å². The fourth-order valence-corrected chi connectivity index (χ4v) is 12.0. The number of aromatic nitrogens is 5. The molecule has 8 aromatic rings. The number of hydroxylamine groups is 1. The van der Waals surface area contributed by atoms with Gasteiger partial charge in [-0.2, -0.15) is 30.1 Å². The van der Waals surface area contributed by atoms with E-state index in [1.54, 1.807) is 24.6 Å². The highest BCUT2D eigenvalue weighted by Gasteiger charge is 2.30. The largest absolute Gasteiger partial charge is 0.465 e. The summed E-state index contributed by atoms with van der Waals surface area (Å²) in [5.41, 5.74) is 12.4. The maximum absolute atomic E-state index is 13.4. The number of rotatable bonds is 21. The van der Waals surface area contributed by atoms with Gasteiger partial charge in [-0.3, -0.25) is 9.69 Å². The maximum Gasteiger partial charge on any atom is 0.321 e. The van der Waals surface area contributed by atoms with Crippen LogP contribution < -0.4 is 20.4 Å². The number of pyridine rings is 1. The van der Waals surface area contributed by atoms with E-state index in [1.807, 2.05) is 98.4 Å². The highest BCUT2D eigenvalue weighted by atomic mass is 32.2. The van der Waals surface area contributed by atoms with Gasteiger partial charge in [0.25, 0.3) is 0 Å². The van der Waals surface area contributed by atoms with Crippen LogP contribution in [0.2, 0.25) is 0 Å². The molecule has 0 amide bonds. The number of nitrogens with zero attached hydrogens (tertiary/aromatic N) is 9. The minimum absolute atomic E-state index is 0.00197. The molecule has 406 valence electrons. The zero-order chi connectivity index (χ0) is 56.2. The van der Waals surface area contributed by atoms with Gasteiger partial charge in [-0.1, -0.05) is 83.8 Å². The lowest BCUT2D eigenvalue weighted by Crippen LogP contribution is -2.30. The van der Waals surface area contributed by atoms with Crippen molar-refractivity contribution in [3.8, 4) is 11.2 Å². The quantitative estimate of drug-likeness (QED) is 0.0115. The molecule has 0 saturated heterocycles. The van der Waals surface area contributed by atoms with Crippen LogP contribution >= 0.6 is 34.7 Å². The molecular weight excluding hydrogens is 1070 g/mol. The fourth-order valence-electron chi connectivity index (χ4n) is 8.57. The predicted molar refractivity (Wildman–Crippen MR) is 304 cm³/mol. The van der Waals surface area contributed by atoms with Crippen molar-refractivity contribution in [2.75, 3.05) is 30.0 Å². The van der Waals surface area contributed by atoms with Crippen LogP contribution in [0, 0.1) is 59.8 Å². The first kappa shape index (κ1) is 56.9. The van der Waals surface area contributed by atoms with Crippen molar-refractivity contribution in [3.05, 3.63) is 129 Å². The number of thiazole rings is 2. The first-order valence-electron chi connectivity index (χ1n) is 24.5. The molecule has 3 N–H and O–H groups in total. The summed E-state index contributed by atoms with van der Waals surface area (Å²) < 4.78 is 42.3. The summed E-state index contributed by atoms with van der Waals surface area (Å²) in [6, 6.07) is 22.8. The van der Waals surface area contributed by atoms with Gasteiger partial charge >= 0.3 is 5.97 Å². The number of anilines is 5. The van der Waals surface area contributed by atoms with Crippen molar-refractivity contribution < 1.29 is 37.0 Å². The molecule has 4 heterocycles. The summed E-state index contributed by atoms with van der Waals surface area (Å²) in [6.45, 7) is 27.0. The van der Waals surface area contributed by atoms with E-state index in [0.29, 0.717) is 66.1 Å². The second-order valence-electron chi connectivity index (χ2n) is 19.1. The lowest BCUT2D eigenvalue weighted by molar-refractivity contribution is -0.305. The number of carbonyl (C=O) groups excluding carboxylic acids is 1.